The molecule has 0 radical (unpaired) electrons. The topological polar surface area (TPSA) is 69.8 Å². The first-order chi connectivity index (χ1) is 15.0. The summed E-state index contributed by atoms with van der Waals surface area (Å²) >= 11 is 0. The average molecular weight is 421 g/mol. The van der Waals surface area contributed by atoms with Gasteiger partial charge in [0.15, 0.2) is 11.5 Å². The highest BCUT2D eigenvalue weighted by Gasteiger charge is 2.56. The number of ether oxygens (including phenoxy) is 4. The standard InChI is InChI=1S/C25H27NO5/c1-12-19-13(2)31-23-15-8-6-7-9-16(15)26-25(27)22(23)21(19)20(12)14-10-17(28-3)24(30-5)18(11-14)29-4/h6-13,19-21H,1-5H3,(H,26,27)/t12-,13?,19+,20-,21-/m0/s1. The van der Waals surface area contributed by atoms with Crippen LogP contribution in [0.4, 0.5) is 0 Å². The average Bonchev–Trinajstić information content (AvgIpc) is 2.77. The van der Waals surface area contributed by atoms with E-state index in [0.29, 0.717) is 23.2 Å². The Morgan fingerprint density at radius 1 is 0.935 bits per heavy atom. The molecule has 0 amide bonds. The van der Waals surface area contributed by atoms with E-state index < -0.39 is 0 Å². The van der Waals surface area contributed by atoms with Gasteiger partial charge in [-0.05, 0) is 48.6 Å². The van der Waals surface area contributed by atoms with E-state index in [1.807, 2.05) is 36.4 Å². The van der Waals surface area contributed by atoms with Crippen LogP contribution in [0.15, 0.2) is 41.2 Å². The number of benzene rings is 2. The number of hydrogen-bond acceptors (Lipinski definition) is 5. The number of hydrogen-bond donors (Lipinski definition) is 1. The highest BCUT2D eigenvalue weighted by atomic mass is 16.5. The van der Waals surface area contributed by atoms with Crippen molar-refractivity contribution in [1.82, 2.24) is 4.98 Å². The van der Waals surface area contributed by atoms with Crippen molar-refractivity contribution >= 4 is 10.9 Å². The summed E-state index contributed by atoms with van der Waals surface area (Å²) < 4.78 is 23.0. The molecule has 6 nitrogen and oxygen atoms in total. The molecule has 1 unspecified atom stereocenters. The maximum Gasteiger partial charge on any atom is 0.255 e. The summed E-state index contributed by atoms with van der Waals surface area (Å²) in [6.45, 7) is 4.34. The monoisotopic (exact) mass is 421 g/mol. The van der Waals surface area contributed by atoms with Gasteiger partial charge in [0.05, 0.1) is 38.5 Å². The van der Waals surface area contributed by atoms with Gasteiger partial charge in [0.25, 0.3) is 5.56 Å². The zero-order chi connectivity index (χ0) is 21.9. The van der Waals surface area contributed by atoms with Crippen LogP contribution < -0.4 is 24.5 Å². The summed E-state index contributed by atoms with van der Waals surface area (Å²) in [6.07, 6.45) is 0.0241. The molecule has 5 atom stereocenters. The summed E-state index contributed by atoms with van der Waals surface area (Å²) in [7, 11) is 4.84. The Balaban J connectivity index is 1.69. The van der Waals surface area contributed by atoms with Gasteiger partial charge in [-0.2, -0.15) is 0 Å². The lowest BCUT2D eigenvalue weighted by atomic mass is 9.51. The third-order valence-corrected chi connectivity index (χ3v) is 7.14. The lowest BCUT2D eigenvalue weighted by molar-refractivity contribution is -0.0175. The van der Waals surface area contributed by atoms with Crippen LogP contribution in [0.25, 0.3) is 10.9 Å². The molecule has 6 heteroatoms. The SMILES string of the molecule is COc1cc([C@@H]2[C@@H](C)[C@@H]3C(C)Oc4c(c(=O)[nH]c5ccccc45)[C@H]23)cc(OC)c1OC. The minimum atomic E-state index is -0.0695. The number of para-hydroxylation sites is 1. The molecular weight excluding hydrogens is 394 g/mol. The Morgan fingerprint density at radius 3 is 2.26 bits per heavy atom. The van der Waals surface area contributed by atoms with E-state index in [1.54, 1.807) is 21.3 Å². The van der Waals surface area contributed by atoms with Crippen molar-refractivity contribution < 1.29 is 18.9 Å². The number of fused-ring (bicyclic) bond motifs is 5. The summed E-state index contributed by atoms with van der Waals surface area (Å²) in [4.78, 5) is 16.3. The first-order valence-corrected chi connectivity index (χ1v) is 10.6. The zero-order valence-corrected chi connectivity index (χ0v) is 18.4. The molecule has 31 heavy (non-hydrogen) atoms. The van der Waals surface area contributed by atoms with Gasteiger partial charge in [0.2, 0.25) is 5.75 Å². The minimum absolute atomic E-state index is 0.0241. The Labute approximate surface area is 181 Å². The quantitative estimate of drug-likeness (QED) is 0.673. The second kappa shape index (κ2) is 7.22. The zero-order valence-electron chi connectivity index (χ0n) is 18.4. The second-order valence-electron chi connectivity index (χ2n) is 8.51. The maximum atomic E-state index is 13.2. The largest absolute Gasteiger partial charge is 0.493 e. The number of rotatable bonds is 4. The number of aromatic nitrogens is 1. The van der Waals surface area contributed by atoms with E-state index in [0.717, 1.165) is 27.8 Å². The third kappa shape index (κ3) is 2.74. The van der Waals surface area contributed by atoms with Gasteiger partial charge in [0.1, 0.15) is 5.75 Å². The fourth-order valence-corrected chi connectivity index (χ4v) is 5.81. The number of H-pyrrole nitrogens is 1. The predicted molar refractivity (Wildman–Crippen MR) is 119 cm³/mol. The molecule has 1 aliphatic carbocycles. The van der Waals surface area contributed by atoms with E-state index in [2.05, 4.69) is 18.8 Å². The Morgan fingerprint density at radius 2 is 1.61 bits per heavy atom. The summed E-state index contributed by atoms with van der Waals surface area (Å²) in [5.74, 6) is 3.34. The van der Waals surface area contributed by atoms with E-state index in [4.69, 9.17) is 18.9 Å². The Kier molecular flexibility index (Phi) is 4.61. The fourth-order valence-electron chi connectivity index (χ4n) is 5.81. The van der Waals surface area contributed by atoms with Gasteiger partial charge in [-0.3, -0.25) is 4.79 Å². The predicted octanol–water partition coefficient (Wildman–Crippen LogP) is 4.47. The van der Waals surface area contributed by atoms with E-state index in [9.17, 15) is 4.79 Å². The molecular formula is C25H27NO5. The minimum Gasteiger partial charge on any atom is -0.493 e. The Hall–Kier alpha value is -3.15. The van der Waals surface area contributed by atoms with Gasteiger partial charge in [-0.15, -0.1) is 0 Å². The van der Waals surface area contributed by atoms with Crippen LogP contribution in [0.1, 0.15) is 36.8 Å². The third-order valence-electron chi connectivity index (χ3n) is 7.14. The van der Waals surface area contributed by atoms with Crippen LogP contribution in [-0.4, -0.2) is 32.4 Å². The van der Waals surface area contributed by atoms with Gasteiger partial charge in [-0.25, -0.2) is 0 Å². The van der Waals surface area contributed by atoms with Crippen LogP contribution in [0, 0.1) is 11.8 Å². The number of methoxy groups -OCH3 is 3. The first kappa shape index (κ1) is 19.8. The van der Waals surface area contributed by atoms with Crippen molar-refractivity contribution in [3.8, 4) is 23.0 Å². The van der Waals surface area contributed by atoms with Gasteiger partial charge < -0.3 is 23.9 Å². The lowest BCUT2D eigenvalue weighted by Crippen LogP contribution is -2.53. The van der Waals surface area contributed by atoms with E-state index in [-0.39, 0.29) is 29.4 Å². The van der Waals surface area contributed by atoms with Gasteiger partial charge in [0, 0.05) is 17.2 Å². The van der Waals surface area contributed by atoms with Crippen molar-refractivity contribution in [3.05, 3.63) is 57.9 Å². The summed E-state index contributed by atoms with van der Waals surface area (Å²) in [5, 5.41) is 0.950. The molecule has 1 N–H and O–H groups in total. The molecule has 162 valence electrons. The van der Waals surface area contributed by atoms with Crippen molar-refractivity contribution in [2.45, 2.75) is 31.8 Å². The lowest BCUT2D eigenvalue weighted by Gasteiger charge is -2.56. The molecule has 0 saturated heterocycles. The molecule has 1 fully saturated rings. The van der Waals surface area contributed by atoms with Crippen LogP contribution in [0.5, 0.6) is 23.0 Å². The van der Waals surface area contributed by atoms with Crippen LogP contribution >= 0.6 is 0 Å². The van der Waals surface area contributed by atoms with Crippen molar-refractivity contribution in [2.24, 2.45) is 11.8 Å². The normalized spacial score (nSPS) is 26.3. The molecule has 0 spiro atoms. The summed E-state index contributed by atoms with van der Waals surface area (Å²) in [6, 6.07) is 11.8. The molecule has 2 aromatic carbocycles. The Bertz CT molecular complexity index is 1190. The molecule has 1 aromatic heterocycles. The van der Waals surface area contributed by atoms with Crippen molar-refractivity contribution in [3.63, 3.8) is 0 Å². The highest BCUT2D eigenvalue weighted by molar-refractivity contribution is 5.86. The van der Waals surface area contributed by atoms with Gasteiger partial charge >= 0.3 is 0 Å². The number of nitrogens with one attached hydrogen (secondary N) is 1. The molecule has 0 bridgehead atoms. The fraction of sp³-hybridized carbons (Fsp3) is 0.400. The van der Waals surface area contributed by atoms with Crippen LogP contribution in [0.2, 0.25) is 0 Å². The summed E-state index contributed by atoms with van der Waals surface area (Å²) in [5.41, 5.74) is 2.56. The number of aromatic amines is 1. The molecule has 3 aromatic rings. The molecule has 1 saturated carbocycles. The first-order valence-electron chi connectivity index (χ1n) is 10.6. The van der Waals surface area contributed by atoms with Crippen molar-refractivity contribution in [1.29, 1.82) is 0 Å². The van der Waals surface area contributed by atoms with Crippen molar-refractivity contribution in [2.75, 3.05) is 21.3 Å². The second-order valence-corrected chi connectivity index (χ2v) is 8.51. The van der Waals surface area contributed by atoms with E-state index >= 15 is 0 Å². The smallest absolute Gasteiger partial charge is 0.255 e. The van der Waals surface area contributed by atoms with Gasteiger partial charge in [-0.1, -0.05) is 19.1 Å². The highest BCUT2D eigenvalue weighted by Crippen LogP contribution is 2.63. The molecule has 5 rings (SSSR count). The van der Waals surface area contributed by atoms with Crippen LogP contribution in [0.3, 0.4) is 0 Å². The molecule has 2 aliphatic rings. The molecule has 1 aliphatic heterocycles. The van der Waals surface area contributed by atoms with Crippen LogP contribution in [-0.2, 0) is 0 Å². The van der Waals surface area contributed by atoms with E-state index in [1.165, 1.54) is 0 Å². The molecule has 2 heterocycles. The maximum absolute atomic E-state index is 13.2. The number of pyridine rings is 1.